The van der Waals surface area contributed by atoms with E-state index in [2.05, 4.69) is 49.5 Å². The molecule has 1 aromatic heterocycles. The first-order valence-electron chi connectivity index (χ1n) is 6.55. The van der Waals surface area contributed by atoms with Gasteiger partial charge in [-0.1, -0.05) is 35.9 Å². The third-order valence-corrected chi connectivity index (χ3v) is 4.10. The number of benzene rings is 2. The molecule has 3 aromatic rings. The van der Waals surface area contributed by atoms with E-state index >= 15 is 0 Å². The minimum Gasteiger partial charge on any atom is -0.486 e. The number of aromatic amines is 1. The second-order valence-electron chi connectivity index (χ2n) is 4.72. The minimum atomic E-state index is 0.451. The van der Waals surface area contributed by atoms with Gasteiger partial charge in [-0.15, -0.1) is 10.2 Å². The smallest absolute Gasteiger partial charge is 0.204 e. The molecule has 5 nitrogen and oxygen atoms in total. The van der Waals surface area contributed by atoms with Crippen molar-refractivity contribution in [2.75, 3.05) is 0 Å². The van der Waals surface area contributed by atoms with Crippen LogP contribution in [0.25, 0.3) is 11.4 Å². The fraction of sp³-hybridized carbons (Fsp3) is 0.133. The molecule has 2 aromatic carbocycles. The molecule has 0 fully saturated rings. The Hall–Kier alpha value is -1.92. The fourth-order valence-electron chi connectivity index (χ4n) is 2.03. The Balaban J connectivity index is 1.84. The van der Waals surface area contributed by atoms with Gasteiger partial charge in [0.1, 0.15) is 6.61 Å². The zero-order chi connectivity index (χ0) is 15.5. The van der Waals surface area contributed by atoms with Crippen LogP contribution in [0.4, 0.5) is 0 Å². The SMILES string of the molecule is Cc1ccccc1COc1c(Cl)cc(-c2nn[nH]n2)cc1Br. The largest absolute Gasteiger partial charge is 0.486 e. The van der Waals surface area contributed by atoms with Crippen molar-refractivity contribution in [2.45, 2.75) is 13.5 Å². The van der Waals surface area contributed by atoms with E-state index in [1.165, 1.54) is 5.56 Å². The summed E-state index contributed by atoms with van der Waals surface area (Å²) in [4.78, 5) is 0. The number of nitrogens with zero attached hydrogens (tertiary/aromatic N) is 3. The van der Waals surface area contributed by atoms with Gasteiger partial charge in [-0.2, -0.15) is 5.21 Å². The predicted molar refractivity (Wildman–Crippen MR) is 87.8 cm³/mol. The number of halogens is 2. The highest BCUT2D eigenvalue weighted by molar-refractivity contribution is 9.10. The number of hydrogen-bond donors (Lipinski definition) is 1. The van der Waals surface area contributed by atoms with E-state index in [1.807, 2.05) is 24.3 Å². The van der Waals surface area contributed by atoms with Gasteiger partial charge < -0.3 is 4.74 Å². The van der Waals surface area contributed by atoms with Crippen molar-refractivity contribution < 1.29 is 4.74 Å². The molecule has 0 bridgehead atoms. The van der Waals surface area contributed by atoms with Crippen LogP contribution in [0.5, 0.6) is 5.75 Å². The molecule has 0 aliphatic rings. The topological polar surface area (TPSA) is 63.7 Å². The van der Waals surface area contributed by atoms with Crippen LogP contribution in [0.2, 0.25) is 5.02 Å². The Kier molecular flexibility index (Phi) is 4.40. The van der Waals surface area contributed by atoms with Gasteiger partial charge in [0.15, 0.2) is 5.75 Å². The summed E-state index contributed by atoms with van der Waals surface area (Å²) in [6, 6.07) is 11.7. The Morgan fingerprint density at radius 2 is 2.09 bits per heavy atom. The molecule has 0 atom stereocenters. The highest BCUT2D eigenvalue weighted by Crippen LogP contribution is 2.37. The first-order chi connectivity index (χ1) is 10.6. The lowest BCUT2D eigenvalue weighted by molar-refractivity contribution is 0.303. The second-order valence-corrected chi connectivity index (χ2v) is 5.98. The van der Waals surface area contributed by atoms with E-state index < -0.39 is 0 Å². The summed E-state index contributed by atoms with van der Waals surface area (Å²) in [6.45, 7) is 2.50. The predicted octanol–water partition coefficient (Wildman–Crippen LogP) is 4.17. The summed E-state index contributed by atoms with van der Waals surface area (Å²) in [5.41, 5.74) is 3.06. The molecule has 1 N–H and O–H groups in total. The first kappa shape index (κ1) is 15.0. The quantitative estimate of drug-likeness (QED) is 0.739. The molecule has 0 aliphatic carbocycles. The molecule has 0 saturated carbocycles. The van der Waals surface area contributed by atoms with Gasteiger partial charge in [0.2, 0.25) is 5.82 Å². The van der Waals surface area contributed by atoms with Gasteiger partial charge in [-0.3, -0.25) is 0 Å². The second kappa shape index (κ2) is 6.46. The van der Waals surface area contributed by atoms with Crippen molar-refractivity contribution in [1.29, 1.82) is 0 Å². The molecule has 22 heavy (non-hydrogen) atoms. The van der Waals surface area contributed by atoms with Crippen molar-refractivity contribution >= 4 is 27.5 Å². The zero-order valence-electron chi connectivity index (χ0n) is 11.7. The Morgan fingerprint density at radius 1 is 1.27 bits per heavy atom. The van der Waals surface area contributed by atoms with E-state index in [9.17, 15) is 0 Å². The van der Waals surface area contributed by atoms with Crippen molar-refractivity contribution in [3.63, 3.8) is 0 Å². The maximum atomic E-state index is 6.32. The maximum Gasteiger partial charge on any atom is 0.204 e. The van der Waals surface area contributed by atoms with Crippen LogP contribution in [-0.2, 0) is 6.61 Å². The lowest BCUT2D eigenvalue weighted by Crippen LogP contribution is -1.99. The minimum absolute atomic E-state index is 0.451. The van der Waals surface area contributed by atoms with Crippen LogP contribution in [0.3, 0.4) is 0 Å². The number of rotatable bonds is 4. The van der Waals surface area contributed by atoms with Crippen LogP contribution in [0, 0.1) is 6.92 Å². The van der Waals surface area contributed by atoms with E-state index in [0.29, 0.717) is 23.2 Å². The summed E-state index contributed by atoms with van der Waals surface area (Å²) in [7, 11) is 0. The van der Waals surface area contributed by atoms with E-state index in [4.69, 9.17) is 16.3 Å². The molecule has 7 heteroatoms. The van der Waals surface area contributed by atoms with Crippen molar-refractivity contribution in [2.24, 2.45) is 0 Å². The van der Waals surface area contributed by atoms with Gasteiger partial charge in [0.25, 0.3) is 0 Å². The third kappa shape index (κ3) is 3.13. The monoisotopic (exact) mass is 378 g/mol. The van der Waals surface area contributed by atoms with Crippen molar-refractivity contribution in [3.8, 4) is 17.1 Å². The van der Waals surface area contributed by atoms with Crippen LogP contribution in [0.1, 0.15) is 11.1 Å². The van der Waals surface area contributed by atoms with Crippen LogP contribution in [0.15, 0.2) is 40.9 Å². The number of aromatic nitrogens is 4. The normalized spacial score (nSPS) is 10.7. The lowest BCUT2D eigenvalue weighted by atomic mass is 10.1. The van der Waals surface area contributed by atoms with Gasteiger partial charge in [-0.25, -0.2) is 0 Å². The summed E-state index contributed by atoms with van der Waals surface area (Å²) < 4.78 is 6.61. The molecule has 0 radical (unpaired) electrons. The number of ether oxygens (including phenoxy) is 1. The van der Waals surface area contributed by atoms with E-state index in [1.54, 1.807) is 6.07 Å². The number of aryl methyl sites for hydroxylation is 1. The fourth-order valence-corrected chi connectivity index (χ4v) is 3.00. The van der Waals surface area contributed by atoms with Crippen molar-refractivity contribution in [3.05, 3.63) is 57.0 Å². The molecule has 0 spiro atoms. The average molecular weight is 380 g/mol. The third-order valence-electron chi connectivity index (χ3n) is 3.24. The first-order valence-corrected chi connectivity index (χ1v) is 7.72. The molecule has 0 amide bonds. The van der Waals surface area contributed by atoms with Gasteiger partial charge in [0, 0.05) is 5.56 Å². The number of hydrogen-bond acceptors (Lipinski definition) is 4. The lowest BCUT2D eigenvalue weighted by Gasteiger charge is -2.12. The number of nitrogens with one attached hydrogen (secondary N) is 1. The molecule has 3 rings (SSSR count). The van der Waals surface area contributed by atoms with Gasteiger partial charge >= 0.3 is 0 Å². The number of H-pyrrole nitrogens is 1. The van der Waals surface area contributed by atoms with E-state index in [0.717, 1.165) is 15.6 Å². The Bertz CT molecular complexity index is 769. The average Bonchev–Trinajstić information content (AvgIpc) is 3.02. The molecule has 0 unspecified atom stereocenters. The zero-order valence-corrected chi connectivity index (χ0v) is 14.0. The summed E-state index contributed by atoms with van der Waals surface area (Å²) in [5.74, 6) is 1.07. The summed E-state index contributed by atoms with van der Waals surface area (Å²) >= 11 is 9.80. The molecular formula is C15H12BrClN4O. The molecular weight excluding hydrogens is 368 g/mol. The van der Waals surface area contributed by atoms with Crippen LogP contribution < -0.4 is 4.74 Å². The highest BCUT2D eigenvalue weighted by Gasteiger charge is 2.13. The standard InChI is InChI=1S/C15H12BrClN4O/c1-9-4-2-3-5-10(9)8-22-14-12(16)6-11(7-13(14)17)15-18-20-21-19-15/h2-7H,8H2,1H3,(H,18,19,20,21). The maximum absolute atomic E-state index is 6.32. The highest BCUT2D eigenvalue weighted by atomic mass is 79.9. The Labute approximate surface area is 140 Å². The number of tetrazole rings is 1. The van der Waals surface area contributed by atoms with Crippen LogP contribution in [-0.4, -0.2) is 20.6 Å². The molecule has 0 aliphatic heterocycles. The molecule has 112 valence electrons. The molecule has 0 saturated heterocycles. The molecule has 1 heterocycles. The van der Waals surface area contributed by atoms with Gasteiger partial charge in [0.05, 0.1) is 9.50 Å². The summed E-state index contributed by atoms with van der Waals surface area (Å²) in [5, 5.41) is 14.3. The van der Waals surface area contributed by atoms with E-state index in [-0.39, 0.29) is 0 Å². The Morgan fingerprint density at radius 3 is 2.77 bits per heavy atom. The van der Waals surface area contributed by atoms with Crippen LogP contribution >= 0.6 is 27.5 Å². The summed E-state index contributed by atoms with van der Waals surface area (Å²) in [6.07, 6.45) is 0. The van der Waals surface area contributed by atoms with Gasteiger partial charge in [-0.05, 0) is 51.3 Å². The van der Waals surface area contributed by atoms with Crippen molar-refractivity contribution in [1.82, 2.24) is 20.6 Å².